The number of rotatable bonds is 3. The summed E-state index contributed by atoms with van der Waals surface area (Å²) in [4.78, 5) is 16.7. The van der Waals surface area contributed by atoms with Crippen LogP contribution in [-0.2, 0) is 21.0 Å². The molecular weight excluding hydrogens is 431 g/mol. The highest BCUT2D eigenvalue weighted by atomic mass is 32.2. The van der Waals surface area contributed by atoms with E-state index in [4.69, 9.17) is 0 Å². The summed E-state index contributed by atoms with van der Waals surface area (Å²) in [6.07, 6.45) is -4.18. The van der Waals surface area contributed by atoms with Crippen LogP contribution >= 0.6 is 0 Å². The Bertz CT molecular complexity index is 1150. The van der Waals surface area contributed by atoms with Crippen LogP contribution in [0.3, 0.4) is 0 Å². The van der Waals surface area contributed by atoms with Crippen molar-refractivity contribution in [3.8, 4) is 0 Å². The third-order valence-electron chi connectivity index (χ3n) is 5.56. The van der Waals surface area contributed by atoms with Crippen LogP contribution in [0.25, 0.3) is 0 Å². The largest absolute Gasteiger partial charge is 0.416 e. The highest BCUT2D eigenvalue weighted by molar-refractivity contribution is 7.89. The maximum atomic E-state index is 13.0. The summed E-state index contributed by atoms with van der Waals surface area (Å²) in [5.41, 5.74) is 0.105. The van der Waals surface area contributed by atoms with E-state index < -0.39 is 32.3 Å². The maximum Gasteiger partial charge on any atom is 0.416 e. The highest BCUT2D eigenvalue weighted by Crippen LogP contribution is 2.34. The van der Waals surface area contributed by atoms with Gasteiger partial charge in [0.1, 0.15) is 11.4 Å². The van der Waals surface area contributed by atoms with Crippen molar-refractivity contribution >= 4 is 21.6 Å². The second-order valence-corrected chi connectivity index (χ2v) is 9.68. The van der Waals surface area contributed by atoms with Gasteiger partial charge in [-0.15, -0.1) is 0 Å². The number of carbonyl (C=O) groups excluding carboxylic acids is 1. The Labute approximate surface area is 177 Å². The lowest BCUT2D eigenvalue weighted by Crippen LogP contribution is -2.52. The number of carbonyl (C=O) groups is 1. The zero-order chi connectivity index (χ0) is 22.4. The molecule has 0 atom stereocenters. The van der Waals surface area contributed by atoms with Gasteiger partial charge in [0, 0.05) is 31.5 Å². The molecule has 0 unspecified atom stereocenters. The lowest BCUT2D eigenvalue weighted by Gasteiger charge is -2.36. The fourth-order valence-corrected chi connectivity index (χ4v) is 5.27. The molecule has 2 aromatic rings. The van der Waals surface area contributed by atoms with Crippen LogP contribution in [0.4, 0.5) is 13.2 Å². The summed E-state index contributed by atoms with van der Waals surface area (Å²) in [5, 5.41) is 2.86. The van der Waals surface area contributed by atoms with E-state index in [1.54, 1.807) is 12.1 Å². The van der Waals surface area contributed by atoms with Gasteiger partial charge in [0.2, 0.25) is 10.0 Å². The zero-order valence-corrected chi connectivity index (χ0v) is 17.4. The highest BCUT2D eigenvalue weighted by Gasteiger charge is 2.44. The summed E-state index contributed by atoms with van der Waals surface area (Å²) >= 11 is 0. The average molecular weight is 451 g/mol. The monoisotopic (exact) mass is 451 g/mol. The molecule has 1 spiro atoms. The van der Waals surface area contributed by atoms with Crippen LogP contribution in [0.15, 0.2) is 58.4 Å². The van der Waals surface area contributed by atoms with Crippen molar-refractivity contribution in [2.24, 2.45) is 4.99 Å². The Balaban J connectivity index is 1.53. The molecule has 0 aliphatic carbocycles. The quantitative estimate of drug-likeness (QED) is 0.779. The topological polar surface area (TPSA) is 78.8 Å². The Morgan fingerprint density at radius 1 is 1.06 bits per heavy atom. The standard InChI is InChI=1S/C21H20F3N3O3S/c1-14-5-7-15(8-6-14)18-19(28)26-20(25-18)9-11-27(12-10-20)31(29,30)17-4-2-3-16(13-17)21(22,23)24/h2-8,13H,9-12H2,1H3,(H,26,28). The number of alkyl halides is 3. The van der Waals surface area contributed by atoms with Gasteiger partial charge in [-0.1, -0.05) is 35.9 Å². The van der Waals surface area contributed by atoms with Crippen LogP contribution in [0.2, 0.25) is 0 Å². The molecule has 6 nitrogen and oxygen atoms in total. The van der Waals surface area contributed by atoms with Gasteiger partial charge in [0.15, 0.2) is 0 Å². The molecule has 1 saturated heterocycles. The molecule has 1 amide bonds. The second kappa shape index (κ2) is 7.45. The predicted octanol–water partition coefficient (Wildman–Crippen LogP) is 3.11. The Kier molecular flexibility index (Phi) is 5.17. The number of aliphatic imine (C=N–C) groups is 1. The molecule has 2 heterocycles. The zero-order valence-electron chi connectivity index (χ0n) is 16.6. The molecule has 2 aromatic carbocycles. The number of amides is 1. The molecule has 1 fully saturated rings. The number of nitrogens with zero attached hydrogens (tertiary/aromatic N) is 2. The van der Waals surface area contributed by atoms with Crippen LogP contribution in [0.1, 0.15) is 29.5 Å². The number of sulfonamides is 1. The maximum absolute atomic E-state index is 13.0. The summed E-state index contributed by atoms with van der Waals surface area (Å²) in [6.45, 7) is 2.00. The van der Waals surface area contributed by atoms with Crippen molar-refractivity contribution in [1.29, 1.82) is 0 Å². The van der Waals surface area contributed by atoms with Crippen molar-refractivity contribution in [1.82, 2.24) is 9.62 Å². The molecule has 164 valence electrons. The van der Waals surface area contributed by atoms with E-state index in [1.165, 1.54) is 0 Å². The lowest BCUT2D eigenvalue weighted by atomic mass is 10.00. The molecule has 1 N–H and O–H groups in total. The van der Waals surface area contributed by atoms with E-state index >= 15 is 0 Å². The Hall–Kier alpha value is -2.72. The molecule has 0 aromatic heterocycles. The second-order valence-electron chi connectivity index (χ2n) is 7.74. The number of benzene rings is 2. The van der Waals surface area contributed by atoms with Crippen molar-refractivity contribution in [2.75, 3.05) is 13.1 Å². The first-order valence-corrected chi connectivity index (χ1v) is 11.1. The fourth-order valence-electron chi connectivity index (χ4n) is 3.79. The number of halogens is 3. The number of hydrogen-bond donors (Lipinski definition) is 1. The van der Waals surface area contributed by atoms with Crippen molar-refractivity contribution < 1.29 is 26.4 Å². The van der Waals surface area contributed by atoms with Gasteiger partial charge in [0.25, 0.3) is 5.91 Å². The minimum absolute atomic E-state index is 0.0313. The summed E-state index contributed by atoms with van der Waals surface area (Å²) in [6, 6.07) is 11.1. The Morgan fingerprint density at radius 3 is 2.32 bits per heavy atom. The normalized spacial score (nSPS) is 19.4. The predicted molar refractivity (Wildman–Crippen MR) is 108 cm³/mol. The molecule has 0 bridgehead atoms. The smallest absolute Gasteiger partial charge is 0.326 e. The van der Waals surface area contributed by atoms with Crippen LogP contribution < -0.4 is 5.32 Å². The number of hydrogen-bond acceptors (Lipinski definition) is 4. The molecule has 31 heavy (non-hydrogen) atoms. The molecule has 0 saturated carbocycles. The van der Waals surface area contributed by atoms with E-state index in [0.29, 0.717) is 17.3 Å². The van der Waals surface area contributed by atoms with E-state index in [0.717, 1.165) is 28.1 Å². The molecule has 0 radical (unpaired) electrons. The van der Waals surface area contributed by atoms with E-state index in [-0.39, 0.29) is 31.8 Å². The van der Waals surface area contributed by atoms with E-state index in [2.05, 4.69) is 10.3 Å². The first-order chi connectivity index (χ1) is 14.5. The first kappa shape index (κ1) is 21.5. The SMILES string of the molecule is Cc1ccc(C2=NC3(CCN(S(=O)(=O)c4cccc(C(F)(F)F)c4)CC3)NC2=O)cc1. The molecule has 4 rings (SSSR count). The number of piperidine rings is 1. The number of aryl methyl sites for hydroxylation is 1. The third kappa shape index (κ3) is 4.09. The minimum Gasteiger partial charge on any atom is -0.326 e. The summed E-state index contributed by atoms with van der Waals surface area (Å²) < 4.78 is 65.8. The molecule has 10 heteroatoms. The van der Waals surface area contributed by atoms with Crippen molar-refractivity contribution in [2.45, 2.75) is 36.5 Å². The van der Waals surface area contributed by atoms with Gasteiger partial charge >= 0.3 is 6.18 Å². The van der Waals surface area contributed by atoms with Gasteiger partial charge in [-0.2, -0.15) is 17.5 Å². The van der Waals surface area contributed by atoms with Gasteiger partial charge in [-0.3, -0.25) is 9.79 Å². The molecular formula is C21H20F3N3O3S. The van der Waals surface area contributed by atoms with E-state index in [9.17, 15) is 26.4 Å². The summed E-state index contributed by atoms with van der Waals surface area (Å²) in [5.74, 6) is -0.321. The molecule has 2 aliphatic heterocycles. The van der Waals surface area contributed by atoms with Gasteiger partial charge in [-0.25, -0.2) is 8.42 Å². The van der Waals surface area contributed by atoms with Crippen LogP contribution in [0, 0.1) is 6.92 Å². The van der Waals surface area contributed by atoms with Crippen molar-refractivity contribution in [3.05, 3.63) is 65.2 Å². The van der Waals surface area contributed by atoms with Gasteiger partial charge in [-0.05, 0) is 25.1 Å². The fraction of sp³-hybridized carbons (Fsp3) is 0.333. The van der Waals surface area contributed by atoms with E-state index in [1.807, 2.05) is 19.1 Å². The lowest BCUT2D eigenvalue weighted by molar-refractivity contribution is -0.137. The number of nitrogens with one attached hydrogen (secondary N) is 1. The minimum atomic E-state index is -4.63. The first-order valence-electron chi connectivity index (χ1n) is 9.67. The van der Waals surface area contributed by atoms with Crippen LogP contribution in [0.5, 0.6) is 0 Å². The van der Waals surface area contributed by atoms with Crippen molar-refractivity contribution in [3.63, 3.8) is 0 Å². The third-order valence-corrected chi connectivity index (χ3v) is 7.46. The van der Waals surface area contributed by atoms with Gasteiger partial charge in [0.05, 0.1) is 10.5 Å². The average Bonchev–Trinajstić information content (AvgIpc) is 3.04. The summed E-state index contributed by atoms with van der Waals surface area (Å²) in [7, 11) is -4.10. The molecule has 2 aliphatic rings. The van der Waals surface area contributed by atoms with Crippen LogP contribution in [-0.4, -0.2) is 43.1 Å². The van der Waals surface area contributed by atoms with Gasteiger partial charge < -0.3 is 5.32 Å². The Morgan fingerprint density at radius 2 is 1.71 bits per heavy atom.